The van der Waals surface area contributed by atoms with Crippen LogP contribution < -0.4 is 0 Å². The highest BCUT2D eigenvalue weighted by Gasteiger charge is 2.10. The van der Waals surface area contributed by atoms with Crippen LogP contribution in [0.2, 0.25) is 0 Å². The minimum absolute atomic E-state index is 0.153. The number of hydrogen-bond acceptors (Lipinski definition) is 2. The standard InChI is InChI=1S/C8H12O3/c1-4-7(6(3)9)5(2)8(10)11/h4H2,1-3H3,(H,10,11). The molecule has 11 heavy (non-hydrogen) atoms. The summed E-state index contributed by atoms with van der Waals surface area (Å²) in [5.74, 6) is -1.18. The molecule has 0 aliphatic heterocycles. The lowest BCUT2D eigenvalue weighted by Gasteiger charge is -2.01. The van der Waals surface area contributed by atoms with E-state index in [1.165, 1.54) is 13.8 Å². The van der Waals surface area contributed by atoms with E-state index in [-0.39, 0.29) is 11.4 Å². The van der Waals surface area contributed by atoms with Gasteiger partial charge in [-0.25, -0.2) is 4.79 Å². The highest BCUT2D eigenvalue weighted by atomic mass is 16.4. The first-order valence-electron chi connectivity index (χ1n) is 3.44. The third-order valence-corrected chi connectivity index (χ3v) is 1.55. The second-order valence-corrected chi connectivity index (χ2v) is 2.32. The Morgan fingerprint density at radius 2 is 1.73 bits per heavy atom. The third kappa shape index (κ3) is 2.53. The Morgan fingerprint density at radius 1 is 1.27 bits per heavy atom. The van der Waals surface area contributed by atoms with E-state index < -0.39 is 5.97 Å². The molecule has 0 radical (unpaired) electrons. The molecule has 0 amide bonds. The highest BCUT2D eigenvalue weighted by Crippen LogP contribution is 2.09. The number of rotatable bonds is 3. The Hall–Kier alpha value is -1.12. The smallest absolute Gasteiger partial charge is 0.331 e. The molecule has 3 heteroatoms. The SMILES string of the molecule is CCC(C(C)=O)=C(C)C(=O)O. The molecule has 0 spiro atoms. The van der Waals surface area contributed by atoms with Gasteiger partial charge >= 0.3 is 5.97 Å². The summed E-state index contributed by atoms with van der Waals surface area (Å²) in [5, 5.41) is 8.52. The van der Waals surface area contributed by atoms with Crippen LogP contribution in [0.25, 0.3) is 0 Å². The number of carboxylic acid groups (broad SMARTS) is 1. The van der Waals surface area contributed by atoms with Gasteiger partial charge in [-0.15, -0.1) is 0 Å². The fourth-order valence-electron chi connectivity index (χ4n) is 0.907. The van der Waals surface area contributed by atoms with Gasteiger partial charge in [-0.1, -0.05) is 6.92 Å². The Bertz CT molecular complexity index is 213. The van der Waals surface area contributed by atoms with Gasteiger partial charge in [-0.3, -0.25) is 4.79 Å². The topological polar surface area (TPSA) is 54.4 Å². The second kappa shape index (κ2) is 3.91. The van der Waals surface area contributed by atoms with E-state index in [0.29, 0.717) is 12.0 Å². The summed E-state index contributed by atoms with van der Waals surface area (Å²) in [5.41, 5.74) is 0.553. The molecule has 0 saturated carbocycles. The van der Waals surface area contributed by atoms with Crippen LogP contribution >= 0.6 is 0 Å². The van der Waals surface area contributed by atoms with E-state index >= 15 is 0 Å². The van der Waals surface area contributed by atoms with Gasteiger partial charge < -0.3 is 5.11 Å². The molecule has 62 valence electrons. The lowest BCUT2D eigenvalue weighted by Crippen LogP contribution is -2.06. The van der Waals surface area contributed by atoms with Crippen LogP contribution in [-0.4, -0.2) is 16.9 Å². The third-order valence-electron chi connectivity index (χ3n) is 1.55. The van der Waals surface area contributed by atoms with E-state index in [2.05, 4.69) is 0 Å². The van der Waals surface area contributed by atoms with Crippen molar-refractivity contribution in [2.45, 2.75) is 27.2 Å². The van der Waals surface area contributed by atoms with Crippen LogP contribution in [-0.2, 0) is 9.59 Å². The molecule has 0 aliphatic rings. The molecule has 3 nitrogen and oxygen atoms in total. The van der Waals surface area contributed by atoms with Crippen molar-refractivity contribution in [1.82, 2.24) is 0 Å². The number of aliphatic carboxylic acids is 1. The quantitative estimate of drug-likeness (QED) is 0.628. The fourth-order valence-corrected chi connectivity index (χ4v) is 0.907. The average molecular weight is 156 g/mol. The summed E-state index contributed by atoms with van der Waals surface area (Å²) in [4.78, 5) is 21.2. The molecule has 0 bridgehead atoms. The number of Topliss-reactive ketones (excluding diaryl/α,β-unsaturated/α-hetero) is 1. The number of carboxylic acids is 1. The molecule has 0 heterocycles. The Balaban J connectivity index is 4.83. The van der Waals surface area contributed by atoms with E-state index in [9.17, 15) is 9.59 Å². The summed E-state index contributed by atoms with van der Waals surface area (Å²) in [6, 6.07) is 0. The number of carbonyl (C=O) groups is 2. The maximum Gasteiger partial charge on any atom is 0.331 e. The normalized spacial score (nSPS) is 12.3. The predicted molar refractivity (Wildman–Crippen MR) is 41.3 cm³/mol. The van der Waals surface area contributed by atoms with Gasteiger partial charge in [0.2, 0.25) is 0 Å². The first-order chi connectivity index (χ1) is 5.00. The molecule has 1 N–H and O–H groups in total. The van der Waals surface area contributed by atoms with Crippen LogP contribution in [0.15, 0.2) is 11.1 Å². The van der Waals surface area contributed by atoms with Gasteiger partial charge in [-0.2, -0.15) is 0 Å². The number of ketones is 1. The largest absolute Gasteiger partial charge is 0.478 e. The van der Waals surface area contributed by atoms with Crippen molar-refractivity contribution < 1.29 is 14.7 Å². The molecule has 0 aromatic heterocycles. The minimum atomic E-state index is -1.02. The maximum absolute atomic E-state index is 10.8. The van der Waals surface area contributed by atoms with Gasteiger partial charge in [0, 0.05) is 11.1 Å². The number of hydrogen-bond donors (Lipinski definition) is 1. The van der Waals surface area contributed by atoms with Crippen molar-refractivity contribution >= 4 is 11.8 Å². The molecule has 0 atom stereocenters. The zero-order chi connectivity index (χ0) is 9.02. The monoisotopic (exact) mass is 156 g/mol. The van der Waals surface area contributed by atoms with Crippen LogP contribution in [0, 0.1) is 0 Å². The Kier molecular flexibility index (Phi) is 3.51. The van der Waals surface area contributed by atoms with Crippen molar-refractivity contribution in [2.24, 2.45) is 0 Å². The van der Waals surface area contributed by atoms with Crippen molar-refractivity contribution in [3.05, 3.63) is 11.1 Å². The molecule has 0 saturated heterocycles. The van der Waals surface area contributed by atoms with Crippen LogP contribution in [0.5, 0.6) is 0 Å². The van der Waals surface area contributed by atoms with Crippen LogP contribution in [0.4, 0.5) is 0 Å². The van der Waals surface area contributed by atoms with Crippen molar-refractivity contribution in [1.29, 1.82) is 0 Å². The molecule has 0 aromatic rings. The maximum atomic E-state index is 10.8. The van der Waals surface area contributed by atoms with E-state index in [1.54, 1.807) is 6.92 Å². The molecular formula is C8H12O3. The van der Waals surface area contributed by atoms with Gasteiger partial charge in [0.05, 0.1) is 0 Å². The van der Waals surface area contributed by atoms with E-state index in [4.69, 9.17) is 5.11 Å². The summed E-state index contributed by atoms with van der Waals surface area (Å²) in [7, 11) is 0. The predicted octanol–water partition coefficient (Wildman–Crippen LogP) is 1.39. The molecular weight excluding hydrogens is 144 g/mol. The van der Waals surface area contributed by atoms with Gasteiger partial charge in [0.25, 0.3) is 0 Å². The van der Waals surface area contributed by atoms with Crippen molar-refractivity contribution in [3.63, 3.8) is 0 Å². The first kappa shape index (κ1) is 9.88. The lowest BCUT2D eigenvalue weighted by atomic mass is 10.0. The summed E-state index contributed by atoms with van der Waals surface area (Å²) in [6.45, 7) is 4.59. The number of carbonyl (C=O) groups excluding carboxylic acids is 1. The molecule has 0 unspecified atom stereocenters. The van der Waals surface area contributed by atoms with E-state index in [0.717, 1.165) is 0 Å². The van der Waals surface area contributed by atoms with Crippen LogP contribution in [0.1, 0.15) is 27.2 Å². The van der Waals surface area contributed by atoms with Gasteiger partial charge in [0.1, 0.15) is 0 Å². The minimum Gasteiger partial charge on any atom is -0.478 e. The van der Waals surface area contributed by atoms with Crippen molar-refractivity contribution in [3.8, 4) is 0 Å². The van der Waals surface area contributed by atoms with E-state index in [1.807, 2.05) is 0 Å². The summed E-state index contributed by atoms with van der Waals surface area (Å²) < 4.78 is 0. The zero-order valence-corrected chi connectivity index (χ0v) is 6.97. The van der Waals surface area contributed by atoms with Crippen LogP contribution in [0.3, 0.4) is 0 Å². The summed E-state index contributed by atoms with van der Waals surface area (Å²) >= 11 is 0. The lowest BCUT2D eigenvalue weighted by molar-refractivity contribution is -0.133. The molecule has 0 aromatic carbocycles. The zero-order valence-electron chi connectivity index (χ0n) is 6.97. The van der Waals surface area contributed by atoms with Crippen molar-refractivity contribution in [2.75, 3.05) is 0 Å². The number of allylic oxidation sites excluding steroid dienone is 1. The fraction of sp³-hybridized carbons (Fsp3) is 0.500. The Morgan fingerprint density at radius 3 is 1.82 bits per heavy atom. The van der Waals surface area contributed by atoms with Gasteiger partial charge in [0.15, 0.2) is 5.78 Å². The molecule has 0 fully saturated rings. The van der Waals surface area contributed by atoms with Gasteiger partial charge in [-0.05, 0) is 20.3 Å². The molecule has 0 rings (SSSR count). The average Bonchev–Trinajstić information content (AvgIpc) is 1.88. The Labute approximate surface area is 65.7 Å². The first-order valence-corrected chi connectivity index (χ1v) is 3.44. The molecule has 0 aliphatic carbocycles. The second-order valence-electron chi connectivity index (χ2n) is 2.32. The summed E-state index contributed by atoms with van der Waals surface area (Å²) in [6.07, 6.45) is 0.480. The highest BCUT2D eigenvalue weighted by molar-refractivity contribution is 6.01.